The van der Waals surface area contributed by atoms with E-state index in [1.165, 1.54) is 4.90 Å². The molecule has 2 N–H and O–H groups in total. The summed E-state index contributed by atoms with van der Waals surface area (Å²) in [4.78, 5) is 13.4. The van der Waals surface area contributed by atoms with Crippen LogP contribution in [0.5, 0.6) is 0 Å². The van der Waals surface area contributed by atoms with Crippen molar-refractivity contribution in [2.75, 3.05) is 25.0 Å². The monoisotopic (exact) mass is 346 g/mol. The Morgan fingerprint density at radius 1 is 1.53 bits per heavy atom. The van der Waals surface area contributed by atoms with Gasteiger partial charge < -0.3 is 15.3 Å². The Hall–Kier alpha value is -1.08. The SMILES string of the molecule is C=CCN(CCO)C(=O)Nc1ccccc1I. The summed E-state index contributed by atoms with van der Waals surface area (Å²) >= 11 is 2.16. The predicted molar refractivity (Wildman–Crippen MR) is 77.0 cm³/mol. The van der Waals surface area contributed by atoms with Gasteiger partial charge >= 0.3 is 6.03 Å². The van der Waals surface area contributed by atoms with Crippen molar-refractivity contribution in [1.82, 2.24) is 4.90 Å². The van der Waals surface area contributed by atoms with Gasteiger partial charge in [-0.2, -0.15) is 0 Å². The number of carbonyl (C=O) groups is 1. The van der Waals surface area contributed by atoms with Crippen LogP contribution in [0.4, 0.5) is 10.5 Å². The molecule has 1 aromatic carbocycles. The summed E-state index contributed by atoms with van der Waals surface area (Å²) in [6, 6.07) is 7.29. The number of amides is 2. The molecule has 5 heteroatoms. The second-order valence-electron chi connectivity index (χ2n) is 3.37. The molecule has 0 aliphatic heterocycles. The summed E-state index contributed by atoms with van der Waals surface area (Å²) < 4.78 is 0.973. The maximum absolute atomic E-state index is 11.9. The molecule has 0 heterocycles. The zero-order chi connectivity index (χ0) is 12.7. The van der Waals surface area contributed by atoms with Crippen LogP contribution in [0, 0.1) is 3.57 Å². The lowest BCUT2D eigenvalue weighted by atomic mass is 10.3. The highest BCUT2D eigenvalue weighted by Crippen LogP contribution is 2.17. The summed E-state index contributed by atoms with van der Waals surface area (Å²) in [5.74, 6) is 0. The number of aliphatic hydroxyl groups excluding tert-OH is 1. The highest BCUT2D eigenvalue weighted by Gasteiger charge is 2.12. The Labute approximate surface area is 114 Å². The number of halogens is 1. The highest BCUT2D eigenvalue weighted by molar-refractivity contribution is 14.1. The van der Waals surface area contributed by atoms with Crippen LogP contribution < -0.4 is 5.32 Å². The van der Waals surface area contributed by atoms with E-state index >= 15 is 0 Å². The standard InChI is InChI=1S/C12H15IN2O2/c1-2-7-15(8-9-16)12(17)14-11-6-4-3-5-10(11)13/h2-6,16H,1,7-9H2,(H,14,17). The van der Waals surface area contributed by atoms with Crippen molar-refractivity contribution < 1.29 is 9.90 Å². The van der Waals surface area contributed by atoms with Crippen LogP contribution in [0.3, 0.4) is 0 Å². The molecule has 0 bridgehead atoms. The number of nitrogens with one attached hydrogen (secondary N) is 1. The lowest BCUT2D eigenvalue weighted by molar-refractivity contribution is 0.195. The molecule has 0 atom stereocenters. The minimum atomic E-state index is -0.233. The number of urea groups is 1. The van der Waals surface area contributed by atoms with Crippen LogP contribution in [0.2, 0.25) is 0 Å². The smallest absolute Gasteiger partial charge is 0.322 e. The zero-order valence-electron chi connectivity index (χ0n) is 9.40. The average Bonchev–Trinajstić information content (AvgIpc) is 2.32. The molecule has 1 aromatic rings. The third kappa shape index (κ3) is 4.35. The lowest BCUT2D eigenvalue weighted by Crippen LogP contribution is -2.37. The average molecular weight is 346 g/mol. The first kappa shape index (κ1) is 14.0. The van der Waals surface area contributed by atoms with Gasteiger partial charge in [-0.3, -0.25) is 0 Å². The predicted octanol–water partition coefficient (Wildman–Crippen LogP) is 2.30. The molecular weight excluding hydrogens is 331 g/mol. The van der Waals surface area contributed by atoms with Gasteiger partial charge in [0.15, 0.2) is 0 Å². The van der Waals surface area contributed by atoms with Crippen LogP contribution in [-0.4, -0.2) is 35.7 Å². The summed E-state index contributed by atoms with van der Waals surface area (Å²) in [5, 5.41) is 11.7. The summed E-state index contributed by atoms with van der Waals surface area (Å²) in [6.45, 7) is 4.23. The van der Waals surface area contributed by atoms with Gasteiger partial charge in [-0.1, -0.05) is 18.2 Å². The number of benzene rings is 1. The fourth-order valence-corrected chi connectivity index (χ4v) is 1.83. The Morgan fingerprint density at radius 3 is 2.82 bits per heavy atom. The maximum Gasteiger partial charge on any atom is 0.322 e. The van der Waals surface area contributed by atoms with E-state index < -0.39 is 0 Å². The van der Waals surface area contributed by atoms with Crippen LogP contribution in [0.1, 0.15) is 0 Å². The molecule has 0 fully saturated rings. The Morgan fingerprint density at radius 2 is 2.24 bits per heavy atom. The van der Waals surface area contributed by atoms with Crippen molar-refractivity contribution in [3.05, 3.63) is 40.5 Å². The molecule has 0 aliphatic carbocycles. The highest BCUT2D eigenvalue weighted by atomic mass is 127. The number of anilines is 1. The van der Waals surface area contributed by atoms with E-state index in [0.717, 1.165) is 9.26 Å². The van der Waals surface area contributed by atoms with Gasteiger partial charge in [-0.05, 0) is 34.7 Å². The zero-order valence-corrected chi connectivity index (χ0v) is 11.6. The lowest BCUT2D eigenvalue weighted by Gasteiger charge is -2.20. The number of rotatable bonds is 5. The number of carbonyl (C=O) groups excluding carboxylic acids is 1. The molecule has 0 spiro atoms. The number of para-hydroxylation sites is 1. The fraction of sp³-hybridized carbons (Fsp3) is 0.250. The van der Waals surface area contributed by atoms with Gasteiger partial charge in [0, 0.05) is 16.7 Å². The second-order valence-corrected chi connectivity index (χ2v) is 4.53. The fourth-order valence-electron chi connectivity index (χ4n) is 1.31. The van der Waals surface area contributed by atoms with Crippen molar-refractivity contribution in [3.8, 4) is 0 Å². The van der Waals surface area contributed by atoms with Gasteiger partial charge in [0.05, 0.1) is 12.3 Å². The first-order valence-electron chi connectivity index (χ1n) is 5.21. The van der Waals surface area contributed by atoms with Gasteiger partial charge in [0.2, 0.25) is 0 Å². The van der Waals surface area contributed by atoms with Crippen LogP contribution in [-0.2, 0) is 0 Å². The van der Waals surface area contributed by atoms with Gasteiger partial charge in [0.25, 0.3) is 0 Å². The minimum absolute atomic E-state index is 0.0624. The van der Waals surface area contributed by atoms with Gasteiger partial charge in [0.1, 0.15) is 0 Å². The normalized spacial score (nSPS) is 9.76. The van der Waals surface area contributed by atoms with Crippen LogP contribution in [0.25, 0.3) is 0 Å². The van der Waals surface area contributed by atoms with E-state index in [1.807, 2.05) is 24.3 Å². The third-order valence-electron chi connectivity index (χ3n) is 2.12. The quantitative estimate of drug-likeness (QED) is 0.635. The van der Waals surface area contributed by atoms with Crippen molar-refractivity contribution in [3.63, 3.8) is 0 Å². The molecule has 0 aliphatic rings. The van der Waals surface area contributed by atoms with Crippen LogP contribution >= 0.6 is 22.6 Å². The Balaban J connectivity index is 2.69. The van der Waals surface area contributed by atoms with E-state index in [2.05, 4.69) is 34.5 Å². The number of nitrogens with zero attached hydrogens (tertiary/aromatic N) is 1. The van der Waals surface area contributed by atoms with Gasteiger partial charge in [-0.15, -0.1) is 6.58 Å². The van der Waals surface area contributed by atoms with E-state index in [9.17, 15) is 4.79 Å². The number of hydrogen-bond donors (Lipinski definition) is 2. The number of hydrogen-bond acceptors (Lipinski definition) is 2. The molecule has 17 heavy (non-hydrogen) atoms. The largest absolute Gasteiger partial charge is 0.395 e. The van der Waals surface area contributed by atoms with E-state index in [0.29, 0.717) is 13.1 Å². The Bertz CT molecular complexity index is 396. The Kier molecular flexibility index (Phi) is 5.99. The minimum Gasteiger partial charge on any atom is -0.395 e. The van der Waals surface area contributed by atoms with Gasteiger partial charge in [-0.25, -0.2) is 4.79 Å². The van der Waals surface area contributed by atoms with Crippen molar-refractivity contribution in [1.29, 1.82) is 0 Å². The first-order valence-corrected chi connectivity index (χ1v) is 6.29. The molecular formula is C12H15IN2O2. The third-order valence-corrected chi connectivity index (χ3v) is 3.06. The van der Waals surface area contributed by atoms with Crippen molar-refractivity contribution in [2.24, 2.45) is 0 Å². The van der Waals surface area contributed by atoms with E-state index in [1.54, 1.807) is 6.08 Å². The summed E-state index contributed by atoms with van der Waals surface area (Å²) in [7, 11) is 0. The summed E-state index contributed by atoms with van der Waals surface area (Å²) in [6.07, 6.45) is 1.63. The summed E-state index contributed by atoms with van der Waals surface area (Å²) in [5.41, 5.74) is 0.769. The second kappa shape index (κ2) is 7.29. The molecule has 1 rings (SSSR count). The number of aliphatic hydroxyl groups is 1. The first-order chi connectivity index (χ1) is 8.19. The van der Waals surface area contributed by atoms with E-state index in [4.69, 9.17) is 5.11 Å². The van der Waals surface area contributed by atoms with Crippen molar-refractivity contribution in [2.45, 2.75) is 0 Å². The molecule has 0 saturated carbocycles. The molecule has 0 aromatic heterocycles. The van der Waals surface area contributed by atoms with Crippen molar-refractivity contribution >= 4 is 34.3 Å². The van der Waals surface area contributed by atoms with E-state index in [-0.39, 0.29) is 12.6 Å². The molecule has 0 unspecified atom stereocenters. The molecule has 0 saturated heterocycles. The van der Waals surface area contributed by atoms with Crippen LogP contribution in [0.15, 0.2) is 36.9 Å². The molecule has 2 amide bonds. The maximum atomic E-state index is 11.9. The molecule has 4 nitrogen and oxygen atoms in total. The topological polar surface area (TPSA) is 52.6 Å². The molecule has 92 valence electrons. The molecule has 0 radical (unpaired) electrons.